The van der Waals surface area contributed by atoms with E-state index >= 15 is 0 Å². The molecule has 1 aromatic heterocycles. The van der Waals surface area contributed by atoms with Crippen LogP contribution in [0.2, 0.25) is 0 Å². The van der Waals surface area contributed by atoms with Gasteiger partial charge in [-0.15, -0.1) is 12.4 Å². The molecule has 0 aromatic carbocycles. The molecule has 1 atom stereocenters. The van der Waals surface area contributed by atoms with Gasteiger partial charge in [0.25, 0.3) is 5.91 Å². The number of nitrogens with one attached hydrogen (secondary N) is 1. The van der Waals surface area contributed by atoms with Crippen molar-refractivity contribution in [3.05, 3.63) is 17.5 Å². The Labute approximate surface area is 115 Å². The van der Waals surface area contributed by atoms with Crippen molar-refractivity contribution >= 4 is 18.3 Å². The molecule has 0 aliphatic heterocycles. The van der Waals surface area contributed by atoms with E-state index < -0.39 is 0 Å². The van der Waals surface area contributed by atoms with Crippen molar-refractivity contribution in [1.29, 1.82) is 0 Å². The van der Waals surface area contributed by atoms with Crippen molar-refractivity contribution in [2.45, 2.75) is 39.2 Å². The molecular weight excluding hydrogens is 252 g/mol. The Balaban J connectivity index is 0.00000289. The molecule has 0 aliphatic rings. The first-order valence-electron chi connectivity index (χ1n) is 5.80. The summed E-state index contributed by atoms with van der Waals surface area (Å²) in [6, 6.07) is 1.82. The predicted molar refractivity (Wildman–Crippen MR) is 75.1 cm³/mol. The van der Waals surface area contributed by atoms with Crippen molar-refractivity contribution in [3.8, 4) is 0 Å². The molecule has 0 radical (unpaired) electrons. The Hall–Kier alpha value is -1.07. The molecule has 0 bridgehead atoms. The maximum absolute atomic E-state index is 12.1. The minimum absolute atomic E-state index is 0. The summed E-state index contributed by atoms with van der Waals surface area (Å²) in [6.07, 6.45) is 0. The Morgan fingerprint density at radius 2 is 2.11 bits per heavy atom. The molecule has 1 unspecified atom stereocenters. The fourth-order valence-corrected chi connectivity index (χ4v) is 1.35. The van der Waals surface area contributed by atoms with Gasteiger partial charge in [-0.2, -0.15) is 5.10 Å². The van der Waals surface area contributed by atoms with Crippen LogP contribution in [0.25, 0.3) is 0 Å². The molecule has 0 saturated heterocycles. The largest absolute Gasteiger partial charge is 0.336 e. The minimum Gasteiger partial charge on any atom is -0.336 e. The quantitative estimate of drug-likeness (QED) is 0.878. The summed E-state index contributed by atoms with van der Waals surface area (Å²) >= 11 is 0. The molecule has 1 amide bonds. The van der Waals surface area contributed by atoms with E-state index in [-0.39, 0.29) is 29.8 Å². The maximum Gasteiger partial charge on any atom is 0.274 e. The topological polar surface area (TPSA) is 75.0 Å². The highest BCUT2D eigenvalue weighted by molar-refractivity contribution is 5.92. The van der Waals surface area contributed by atoms with Crippen LogP contribution in [-0.2, 0) is 5.41 Å². The molecule has 6 heteroatoms. The second-order valence-corrected chi connectivity index (χ2v) is 5.42. The molecule has 3 N–H and O–H groups in total. The number of H-pyrrole nitrogens is 1. The number of carbonyl (C=O) groups is 1. The summed E-state index contributed by atoms with van der Waals surface area (Å²) in [5, 5.41) is 6.97. The van der Waals surface area contributed by atoms with E-state index in [0.29, 0.717) is 12.2 Å². The predicted octanol–water partition coefficient (Wildman–Crippen LogP) is 1.55. The summed E-state index contributed by atoms with van der Waals surface area (Å²) in [7, 11) is 1.74. The van der Waals surface area contributed by atoms with Crippen molar-refractivity contribution < 1.29 is 4.79 Å². The molecule has 5 nitrogen and oxygen atoms in total. The van der Waals surface area contributed by atoms with E-state index in [0.717, 1.165) is 5.69 Å². The van der Waals surface area contributed by atoms with Gasteiger partial charge in [-0.1, -0.05) is 20.8 Å². The van der Waals surface area contributed by atoms with Crippen LogP contribution in [0.5, 0.6) is 0 Å². The number of carbonyl (C=O) groups excluding carboxylic acids is 1. The highest BCUT2D eigenvalue weighted by Crippen LogP contribution is 2.20. The van der Waals surface area contributed by atoms with Crippen LogP contribution in [0.15, 0.2) is 6.07 Å². The first-order valence-corrected chi connectivity index (χ1v) is 5.80. The van der Waals surface area contributed by atoms with Crippen molar-refractivity contribution in [3.63, 3.8) is 0 Å². The standard InChI is InChI=1S/C12H22N4O.ClH/c1-8(7-13)16(5)11(17)9-6-10(15-14-9)12(2,3)4;/h6,8H,7,13H2,1-5H3,(H,14,15);1H. The molecule has 0 saturated carbocycles. The fourth-order valence-electron chi connectivity index (χ4n) is 1.35. The number of nitrogens with zero attached hydrogens (tertiary/aromatic N) is 2. The van der Waals surface area contributed by atoms with Crippen LogP contribution < -0.4 is 5.73 Å². The van der Waals surface area contributed by atoms with Crippen molar-refractivity contribution in [1.82, 2.24) is 15.1 Å². The van der Waals surface area contributed by atoms with Gasteiger partial charge in [0.1, 0.15) is 5.69 Å². The maximum atomic E-state index is 12.1. The molecule has 18 heavy (non-hydrogen) atoms. The number of amides is 1. The number of aromatic amines is 1. The van der Waals surface area contributed by atoms with E-state index in [9.17, 15) is 4.79 Å². The molecule has 0 aliphatic carbocycles. The van der Waals surface area contributed by atoms with Crippen LogP contribution >= 0.6 is 12.4 Å². The Bertz CT molecular complexity index is 397. The second kappa shape index (κ2) is 6.20. The number of nitrogens with two attached hydrogens (primary N) is 1. The number of likely N-dealkylation sites (N-methyl/N-ethyl adjacent to an activating group) is 1. The molecule has 0 spiro atoms. The van der Waals surface area contributed by atoms with Gasteiger partial charge in [0.2, 0.25) is 0 Å². The monoisotopic (exact) mass is 274 g/mol. The average Bonchev–Trinajstić information content (AvgIpc) is 2.74. The van der Waals surface area contributed by atoms with Crippen LogP contribution in [-0.4, -0.2) is 40.6 Å². The number of halogens is 1. The Kier molecular flexibility index (Phi) is 5.83. The van der Waals surface area contributed by atoms with Gasteiger partial charge in [0, 0.05) is 30.7 Å². The normalized spacial score (nSPS) is 12.8. The van der Waals surface area contributed by atoms with Gasteiger partial charge in [-0.25, -0.2) is 0 Å². The van der Waals surface area contributed by atoms with Gasteiger partial charge in [-0.3, -0.25) is 9.89 Å². The number of hydrogen-bond acceptors (Lipinski definition) is 3. The Morgan fingerprint density at radius 3 is 2.50 bits per heavy atom. The third-order valence-corrected chi connectivity index (χ3v) is 2.93. The van der Waals surface area contributed by atoms with Gasteiger partial charge in [0.15, 0.2) is 0 Å². The average molecular weight is 275 g/mol. The smallest absolute Gasteiger partial charge is 0.274 e. The molecular formula is C12H23ClN4O. The SMILES string of the molecule is CC(CN)N(C)C(=O)c1cc(C(C)(C)C)[nH]n1.Cl. The number of hydrogen-bond donors (Lipinski definition) is 2. The zero-order valence-corrected chi connectivity index (χ0v) is 12.5. The van der Waals surface area contributed by atoms with Gasteiger partial charge in [-0.05, 0) is 13.0 Å². The second-order valence-electron chi connectivity index (χ2n) is 5.42. The van der Waals surface area contributed by atoms with E-state index in [4.69, 9.17) is 5.73 Å². The highest BCUT2D eigenvalue weighted by atomic mass is 35.5. The lowest BCUT2D eigenvalue weighted by molar-refractivity contribution is 0.0742. The van der Waals surface area contributed by atoms with Crippen LogP contribution in [0.1, 0.15) is 43.9 Å². The van der Waals surface area contributed by atoms with Gasteiger partial charge in [0.05, 0.1) is 0 Å². The van der Waals surface area contributed by atoms with Crippen LogP contribution in [0.3, 0.4) is 0 Å². The third kappa shape index (κ3) is 3.71. The number of rotatable bonds is 3. The zero-order chi connectivity index (χ0) is 13.2. The lowest BCUT2D eigenvalue weighted by Crippen LogP contribution is -2.39. The first kappa shape index (κ1) is 16.9. The van der Waals surface area contributed by atoms with Crippen molar-refractivity contribution in [2.75, 3.05) is 13.6 Å². The van der Waals surface area contributed by atoms with Crippen LogP contribution in [0.4, 0.5) is 0 Å². The molecule has 1 heterocycles. The summed E-state index contributed by atoms with van der Waals surface area (Å²) in [5.74, 6) is -0.102. The summed E-state index contributed by atoms with van der Waals surface area (Å²) in [6.45, 7) is 8.57. The van der Waals surface area contributed by atoms with E-state index in [2.05, 4.69) is 31.0 Å². The van der Waals surface area contributed by atoms with E-state index in [1.807, 2.05) is 13.0 Å². The van der Waals surface area contributed by atoms with Crippen LogP contribution in [0, 0.1) is 0 Å². The molecule has 0 fully saturated rings. The number of aromatic nitrogens is 2. The molecule has 104 valence electrons. The summed E-state index contributed by atoms with van der Waals surface area (Å²) in [5.41, 5.74) is 6.90. The van der Waals surface area contributed by atoms with Crippen molar-refractivity contribution in [2.24, 2.45) is 5.73 Å². The van der Waals surface area contributed by atoms with E-state index in [1.54, 1.807) is 11.9 Å². The lowest BCUT2D eigenvalue weighted by atomic mass is 9.92. The zero-order valence-electron chi connectivity index (χ0n) is 11.7. The third-order valence-electron chi connectivity index (χ3n) is 2.93. The molecule has 1 aromatic rings. The summed E-state index contributed by atoms with van der Waals surface area (Å²) in [4.78, 5) is 13.7. The lowest BCUT2D eigenvalue weighted by Gasteiger charge is -2.22. The summed E-state index contributed by atoms with van der Waals surface area (Å²) < 4.78 is 0. The molecule has 1 rings (SSSR count). The first-order chi connectivity index (χ1) is 7.77. The van der Waals surface area contributed by atoms with Gasteiger partial charge >= 0.3 is 0 Å². The van der Waals surface area contributed by atoms with Gasteiger partial charge < -0.3 is 10.6 Å². The van der Waals surface area contributed by atoms with E-state index in [1.165, 1.54) is 0 Å². The Morgan fingerprint density at radius 1 is 1.56 bits per heavy atom. The minimum atomic E-state index is -0.102. The fraction of sp³-hybridized carbons (Fsp3) is 0.667. The highest BCUT2D eigenvalue weighted by Gasteiger charge is 2.22.